The van der Waals surface area contributed by atoms with Crippen LogP contribution in [0.3, 0.4) is 0 Å². The lowest BCUT2D eigenvalue weighted by atomic mass is 10.0. The van der Waals surface area contributed by atoms with E-state index in [2.05, 4.69) is 17.0 Å². The number of carboxylic acids is 2. The number of alkyl halides is 1. The van der Waals surface area contributed by atoms with Crippen molar-refractivity contribution < 1.29 is 42.5 Å². The highest BCUT2D eigenvalue weighted by Gasteiger charge is 2.29. The molecule has 3 aromatic carbocycles. The summed E-state index contributed by atoms with van der Waals surface area (Å²) in [5.41, 5.74) is -1.28. The number of amides is 1. The third kappa shape index (κ3) is 15.5. The predicted molar refractivity (Wildman–Crippen MR) is 217 cm³/mol. The van der Waals surface area contributed by atoms with Gasteiger partial charge in [-0.05, 0) is 55.0 Å². The van der Waals surface area contributed by atoms with E-state index in [9.17, 15) is 37.8 Å². The van der Waals surface area contributed by atoms with Gasteiger partial charge in [0.2, 0.25) is 0 Å². The van der Waals surface area contributed by atoms with Crippen molar-refractivity contribution in [3.63, 3.8) is 0 Å². The van der Waals surface area contributed by atoms with E-state index in [-0.39, 0.29) is 22.0 Å². The molecule has 0 bridgehead atoms. The normalized spacial score (nSPS) is 11.8. The molecule has 55 heavy (non-hydrogen) atoms. The van der Waals surface area contributed by atoms with Gasteiger partial charge in [-0.25, -0.2) is 18.0 Å². The first-order valence-electron chi connectivity index (χ1n) is 19.0. The van der Waals surface area contributed by atoms with Gasteiger partial charge in [-0.1, -0.05) is 127 Å². The number of nitrogens with one attached hydrogen (secondary N) is 2. The zero-order valence-electron chi connectivity index (χ0n) is 31.3. The van der Waals surface area contributed by atoms with Crippen LogP contribution < -0.4 is 14.8 Å². The van der Waals surface area contributed by atoms with E-state index < -0.39 is 55.1 Å². The molecule has 4 N–H and O–H groups in total. The molecule has 3 rings (SSSR count). The molecular formula is C41H52Cl2N2O9S. The van der Waals surface area contributed by atoms with Gasteiger partial charge in [0.25, 0.3) is 15.9 Å². The third-order valence-corrected chi connectivity index (χ3v) is 11.2. The van der Waals surface area contributed by atoms with Gasteiger partial charge < -0.3 is 20.3 Å². The molecule has 11 nitrogen and oxygen atoms in total. The van der Waals surface area contributed by atoms with E-state index >= 15 is 0 Å². The van der Waals surface area contributed by atoms with Gasteiger partial charge in [-0.3, -0.25) is 14.3 Å². The van der Waals surface area contributed by atoms with Crippen molar-refractivity contribution in [3.8, 4) is 5.75 Å². The lowest BCUT2D eigenvalue weighted by molar-refractivity contribution is -0.115. The number of Topliss-reactive ketones (excluding diaryl/α,β-unsaturated/α-hetero) is 1. The van der Waals surface area contributed by atoms with Crippen molar-refractivity contribution in [2.45, 2.75) is 120 Å². The number of hydrogen-bond donors (Lipinski definition) is 4. The Morgan fingerprint density at radius 2 is 1.22 bits per heavy atom. The van der Waals surface area contributed by atoms with Gasteiger partial charge in [-0.2, -0.15) is 0 Å². The maximum Gasteiger partial charge on any atom is 0.335 e. The minimum atomic E-state index is -4.45. The van der Waals surface area contributed by atoms with Gasteiger partial charge in [0.05, 0.1) is 44.6 Å². The highest BCUT2D eigenvalue weighted by Crippen LogP contribution is 2.29. The molecular weight excluding hydrogens is 767 g/mol. The van der Waals surface area contributed by atoms with Gasteiger partial charge in [0.15, 0.2) is 11.2 Å². The van der Waals surface area contributed by atoms with Crippen LogP contribution in [0.15, 0.2) is 65.6 Å². The maximum absolute atomic E-state index is 13.3. The summed E-state index contributed by atoms with van der Waals surface area (Å²) in [6.07, 6.45) is 20.1. The molecule has 300 valence electrons. The van der Waals surface area contributed by atoms with Crippen LogP contribution in [0.25, 0.3) is 0 Å². The Labute approximate surface area is 334 Å². The number of benzene rings is 3. The molecule has 0 fully saturated rings. The number of carboxylic acid groups (broad SMARTS) is 2. The second-order valence-electron chi connectivity index (χ2n) is 13.5. The standard InChI is InChI=1S/C41H52Cl2N2O9S/c1-2-3-4-5-6-7-8-9-10-11-12-13-14-15-16-19-24-54-36-21-18-17-20-33(36)38(46)37(43)39(47)44-35-28-32(22-23-34(35)42)55(52,53)45-31-26-29(40(48)49)25-30(27-31)41(50)51/h17-18,20-23,25-28,37,45H,2-16,19,24H2,1H3,(H,44,47)(H,48,49)(H,50,51). The Kier molecular flexibility index (Phi) is 19.5. The number of ether oxygens (including phenoxy) is 1. The lowest BCUT2D eigenvalue weighted by Crippen LogP contribution is -2.31. The molecule has 0 aliphatic rings. The molecule has 0 radical (unpaired) electrons. The van der Waals surface area contributed by atoms with Crippen LogP contribution >= 0.6 is 23.2 Å². The first-order chi connectivity index (χ1) is 26.3. The number of unbranched alkanes of at least 4 members (excludes halogenated alkanes) is 15. The topological polar surface area (TPSA) is 176 Å². The van der Waals surface area contributed by atoms with Gasteiger partial charge in [0.1, 0.15) is 5.75 Å². The van der Waals surface area contributed by atoms with Crippen LogP contribution in [0.5, 0.6) is 5.75 Å². The molecule has 0 saturated carbocycles. The van der Waals surface area contributed by atoms with Crippen molar-refractivity contribution in [3.05, 3.63) is 82.4 Å². The predicted octanol–water partition coefficient (Wildman–Crippen LogP) is 10.6. The first-order valence-corrected chi connectivity index (χ1v) is 21.3. The summed E-state index contributed by atoms with van der Waals surface area (Å²) < 4.78 is 34.4. The average molecular weight is 820 g/mol. The molecule has 14 heteroatoms. The van der Waals surface area contributed by atoms with E-state index in [1.165, 1.54) is 95.6 Å². The van der Waals surface area contributed by atoms with Crippen molar-refractivity contribution in [2.24, 2.45) is 0 Å². The Hall–Kier alpha value is -4.13. The van der Waals surface area contributed by atoms with Crippen LogP contribution in [0.4, 0.5) is 11.4 Å². The quantitative estimate of drug-likeness (QED) is 0.0252. The maximum atomic E-state index is 13.3. The van der Waals surface area contributed by atoms with E-state index in [1.54, 1.807) is 18.2 Å². The van der Waals surface area contributed by atoms with Crippen LogP contribution in [-0.2, 0) is 14.8 Å². The van der Waals surface area contributed by atoms with E-state index in [0.717, 1.165) is 49.6 Å². The second kappa shape index (κ2) is 23.7. The molecule has 0 aromatic heterocycles. The highest BCUT2D eigenvalue weighted by molar-refractivity contribution is 7.92. The number of anilines is 2. The van der Waals surface area contributed by atoms with E-state index in [0.29, 0.717) is 12.4 Å². The number of rotatable bonds is 27. The summed E-state index contributed by atoms with van der Waals surface area (Å²) in [7, 11) is -4.45. The summed E-state index contributed by atoms with van der Waals surface area (Å²) >= 11 is 12.6. The minimum Gasteiger partial charge on any atom is -0.493 e. The largest absolute Gasteiger partial charge is 0.493 e. The first kappa shape index (κ1) is 45.3. The van der Waals surface area contributed by atoms with Crippen molar-refractivity contribution in [1.82, 2.24) is 0 Å². The summed E-state index contributed by atoms with van der Waals surface area (Å²) in [5, 5.41) is 19.3. The summed E-state index contributed by atoms with van der Waals surface area (Å²) in [5.74, 6) is -4.33. The molecule has 1 atom stereocenters. The van der Waals surface area contributed by atoms with Crippen LogP contribution in [0.1, 0.15) is 141 Å². The molecule has 0 heterocycles. The number of carbonyl (C=O) groups excluding carboxylic acids is 2. The third-order valence-electron chi connectivity index (χ3n) is 9.05. The molecule has 3 aromatic rings. The fourth-order valence-electron chi connectivity index (χ4n) is 5.99. The number of carbonyl (C=O) groups is 4. The number of sulfonamides is 1. The Morgan fingerprint density at radius 1 is 0.709 bits per heavy atom. The molecule has 0 aliphatic carbocycles. The lowest BCUT2D eigenvalue weighted by Gasteiger charge is -2.15. The highest BCUT2D eigenvalue weighted by atomic mass is 35.5. The van der Waals surface area contributed by atoms with E-state index in [4.69, 9.17) is 27.9 Å². The van der Waals surface area contributed by atoms with Gasteiger partial charge in [0, 0.05) is 0 Å². The van der Waals surface area contributed by atoms with Gasteiger partial charge >= 0.3 is 11.9 Å². The molecule has 1 unspecified atom stereocenters. The molecule has 0 saturated heterocycles. The molecule has 0 spiro atoms. The smallest absolute Gasteiger partial charge is 0.335 e. The zero-order valence-corrected chi connectivity index (χ0v) is 33.6. The SMILES string of the molecule is CCCCCCCCCCCCCCCCCCOc1ccccc1C(=O)C(Cl)C(=O)Nc1cc(S(=O)(=O)Nc2cc(C(=O)O)cc(C(=O)O)c2)ccc1Cl. The Morgan fingerprint density at radius 3 is 1.75 bits per heavy atom. The minimum absolute atomic E-state index is 0.0628. The van der Waals surface area contributed by atoms with Crippen LogP contribution in [-0.4, -0.2) is 54.2 Å². The van der Waals surface area contributed by atoms with Gasteiger partial charge in [-0.15, -0.1) is 11.6 Å². The van der Waals surface area contributed by atoms with Crippen LogP contribution in [0, 0.1) is 0 Å². The van der Waals surface area contributed by atoms with Crippen molar-refractivity contribution in [1.29, 1.82) is 0 Å². The Balaban J connectivity index is 1.47. The number of ketones is 1. The number of halogens is 2. The number of para-hydroxylation sites is 1. The van der Waals surface area contributed by atoms with Crippen molar-refractivity contribution >= 4 is 68.2 Å². The molecule has 0 aliphatic heterocycles. The van der Waals surface area contributed by atoms with Crippen molar-refractivity contribution in [2.75, 3.05) is 16.6 Å². The fourth-order valence-corrected chi connectivity index (χ4v) is 7.40. The summed E-state index contributed by atoms with van der Waals surface area (Å²) in [6.45, 7) is 2.64. The average Bonchev–Trinajstić information content (AvgIpc) is 3.16. The summed E-state index contributed by atoms with van der Waals surface area (Å²) in [4.78, 5) is 49.0. The molecule has 1 amide bonds. The zero-order chi connectivity index (χ0) is 40.2. The van der Waals surface area contributed by atoms with E-state index in [1.807, 2.05) is 0 Å². The number of aromatic carboxylic acids is 2. The Bertz CT molecular complexity index is 1820. The monoisotopic (exact) mass is 818 g/mol. The summed E-state index contributed by atoms with van der Waals surface area (Å²) in [6, 6.07) is 12.6. The fraction of sp³-hybridized carbons (Fsp3) is 0.463. The number of hydrogen-bond acceptors (Lipinski definition) is 7. The second-order valence-corrected chi connectivity index (χ2v) is 16.0. The van der Waals surface area contributed by atoms with Crippen LogP contribution in [0.2, 0.25) is 5.02 Å².